The second-order valence-electron chi connectivity index (χ2n) is 4.64. The number of aromatic hydroxyl groups is 1. The minimum atomic E-state index is -1.24. The quantitative estimate of drug-likeness (QED) is 0.806. The Labute approximate surface area is 99.9 Å². The molecule has 0 bridgehead atoms. The van der Waals surface area contributed by atoms with Gasteiger partial charge in [0.1, 0.15) is 0 Å². The predicted molar refractivity (Wildman–Crippen MR) is 61.7 cm³/mol. The summed E-state index contributed by atoms with van der Waals surface area (Å²) in [6, 6.07) is 1.73. The van der Waals surface area contributed by atoms with Crippen LogP contribution in [0.25, 0.3) is 0 Å². The lowest BCUT2D eigenvalue weighted by atomic mass is 9.82. The van der Waals surface area contributed by atoms with Gasteiger partial charge >= 0.3 is 0 Å². The summed E-state index contributed by atoms with van der Waals surface area (Å²) < 4.78 is 25.8. The number of phenols is 1. The largest absolute Gasteiger partial charge is 0.505 e. The Balaban J connectivity index is 0.00000225. The second-order valence-corrected chi connectivity index (χ2v) is 4.64. The zero-order chi connectivity index (χ0) is 11.8. The summed E-state index contributed by atoms with van der Waals surface area (Å²) in [6.07, 6.45) is 0. The van der Waals surface area contributed by atoms with Gasteiger partial charge in [0.15, 0.2) is 11.6 Å². The maximum atomic E-state index is 13.1. The molecule has 1 rings (SSSR count). The van der Waals surface area contributed by atoms with Crippen LogP contribution in [0.2, 0.25) is 0 Å². The molecule has 5 heteroatoms. The third-order valence-electron chi connectivity index (χ3n) is 2.37. The lowest BCUT2D eigenvalue weighted by molar-refractivity contribution is 0.311. The Morgan fingerprint density at radius 2 is 1.75 bits per heavy atom. The minimum absolute atomic E-state index is 0. The summed E-state index contributed by atoms with van der Waals surface area (Å²) in [4.78, 5) is 0. The Morgan fingerprint density at radius 3 is 2.19 bits per heavy atom. The molecule has 0 unspecified atom stereocenters. The van der Waals surface area contributed by atoms with Gasteiger partial charge in [-0.05, 0) is 11.5 Å². The molecular weight excluding hydrogens is 236 g/mol. The molecule has 0 aliphatic carbocycles. The van der Waals surface area contributed by atoms with Crippen LogP contribution in [0.15, 0.2) is 12.1 Å². The maximum absolute atomic E-state index is 13.1. The fraction of sp³-hybridized carbons (Fsp3) is 0.455. The third-order valence-corrected chi connectivity index (χ3v) is 2.37. The normalized spacial score (nSPS) is 13.1. The molecule has 1 aromatic carbocycles. The zero-order valence-corrected chi connectivity index (χ0v) is 10.2. The summed E-state index contributed by atoms with van der Waals surface area (Å²) >= 11 is 0. The summed E-state index contributed by atoms with van der Waals surface area (Å²) in [5.74, 6) is -3.01. The molecule has 0 amide bonds. The molecule has 0 aromatic heterocycles. The van der Waals surface area contributed by atoms with Crippen LogP contribution >= 0.6 is 12.4 Å². The highest BCUT2D eigenvalue weighted by atomic mass is 35.5. The molecule has 0 aliphatic rings. The van der Waals surface area contributed by atoms with Gasteiger partial charge in [0.2, 0.25) is 5.82 Å². The number of phenolic OH excluding ortho intramolecular Hbond substituents is 1. The van der Waals surface area contributed by atoms with E-state index in [2.05, 4.69) is 0 Å². The molecule has 16 heavy (non-hydrogen) atoms. The number of halogens is 3. The lowest BCUT2D eigenvalue weighted by Crippen LogP contribution is -2.26. The van der Waals surface area contributed by atoms with Crippen LogP contribution in [-0.4, -0.2) is 5.11 Å². The van der Waals surface area contributed by atoms with E-state index >= 15 is 0 Å². The Hall–Kier alpha value is -0.870. The van der Waals surface area contributed by atoms with Crippen molar-refractivity contribution in [2.75, 3.05) is 0 Å². The predicted octanol–water partition coefficient (Wildman–Crippen LogP) is 3.14. The fourth-order valence-electron chi connectivity index (χ4n) is 1.27. The molecule has 1 atom stereocenters. The van der Waals surface area contributed by atoms with Crippen LogP contribution in [-0.2, 0) is 0 Å². The van der Waals surface area contributed by atoms with E-state index in [1.54, 1.807) is 0 Å². The van der Waals surface area contributed by atoms with Gasteiger partial charge in [-0.1, -0.05) is 26.8 Å². The molecule has 0 heterocycles. The Bertz CT molecular complexity index is 377. The zero-order valence-electron chi connectivity index (χ0n) is 9.42. The first-order valence-electron chi connectivity index (χ1n) is 4.67. The number of hydrogen-bond donors (Lipinski definition) is 2. The highest BCUT2D eigenvalue weighted by Gasteiger charge is 2.26. The van der Waals surface area contributed by atoms with Crippen molar-refractivity contribution in [3.63, 3.8) is 0 Å². The van der Waals surface area contributed by atoms with Crippen molar-refractivity contribution in [1.82, 2.24) is 0 Å². The van der Waals surface area contributed by atoms with Gasteiger partial charge in [-0.2, -0.15) is 4.39 Å². The van der Waals surface area contributed by atoms with Crippen LogP contribution in [0.1, 0.15) is 32.4 Å². The van der Waals surface area contributed by atoms with Crippen molar-refractivity contribution in [2.24, 2.45) is 11.1 Å². The number of rotatable bonds is 1. The lowest BCUT2D eigenvalue weighted by Gasteiger charge is -2.27. The molecule has 0 saturated heterocycles. The minimum Gasteiger partial charge on any atom is -0.505 e. The van der Waals surface area contributed by atoms with E-state index in [1.165, 1.54) is 6.07 Å². The van der Waals surface area contributed by atoms with Gasteiger partial charge in [0.05, 0.1) is 0 Å². The molecule has 0 aliphatic heterocycles. The van der Waals surface area contributed by atoms with Crippen molar-refractivity contribution in [3.8, 4) is 5.75 Å². The molecule has 0 spiro atoms. The third kappa shape index (κ3) is 2.83. The standard InChI is InChI=1S/C11H15F2NO.ClH/c1-11(2,3)10(14)6-4-5-7(12)8(13)9(6)15;/h4-5,10,15H,14H2,1-3H3;1H/t10-;/m1./s1. The van der Waals surface area contributed by atoms with E-state index in [1.807, 2.05) is 20.8 Å². The van der Waals surface area contributed by atoms with Crippen molar-refractivity contribution in [1.29, 1.82) is 0 Å². The van der Waals surface area contributed by atoms with Crippen LogP contribution < -0.4 is 5.73 Å². The van der Waals surface area contributed by atoms with E-state index in [0.717, 1.165) is 6.07 Å². The highest BCUT2D eigenvalue weighted by Crippen LogP contribution is 2.36. The fourth-order valence-corrected chi connectivity index (χ4v) is 1.27. The number of hydrogen-bond acceptors (Lipinski definition) is 2. The van der Waals surface area contributed by atoms with Crippen LogP contribution in [0, 0.1) is 17.0 Å². The summed E-state index contributed by atoms with van der Waals surface area (Å²) in [6.45, 7) is 5.58. The van der Waals surface area contributed by atoms with Crippen molar-refractivity contribution in [3.05, 3.63) is 29.3 Å². The molecule has 2 nitrogen and oxygen atoms in total. The van der Waals surface area contributed by atoms with Crippen LogP contribution in [0.3, 0.4) is 0 Å². The average Bonchev–Trinajstić information content (AvgIpc) is 2.12. The SMILES string of the molecule is CC(C)(C)[C@H](N)c1ccc(F)c(F)c1O.Cl. The Morgan fingerprint density at radius 1 is 1.25 bits per heavy atom. The topological polar surface area (TPSA) is 46.2 Å². The van der Waals surface area contributed by atoms with Crippen LogP contribution in [0.4, 0.5) is 8.78 Å². The van der Waals surface area contributed by atoms with E-state index in [4.69, 9.17) is 5.73 Å². The van der Waals surface area contributed by atoms with Crippen molar-refractivity contribution >= 4 is 12.4 Å². The average molecular weight is 252 g/mol. The first-order chi connectivity index (χ1) is 6.75. The van der Waals surface area contributed by atoms with Gasteiger partial charge < -0.3 is 10.8 Å². The van der Waals surface area contributed by atoms with E-state index < -0.39 is 23.4 Å². The van der Waals surface area contributed by atoms with Gasteiger partial charge in [0, 0.05) is 11.6 Å². The first-order valence-corrected chi connectivity index (χ1v) is 4.67. The van der Waals surface area contributed by atoms with Crippen molar-refractivity contribution < 1.29 is 13.9 Å². The molecule has 0 fully saturated rings. The monoisotopic (exact) mass is 251 g/mol. The first kappa shape index (κ1) is 15.1. The van der Waals surface area contributed by atoms with E-state index in [-0.39, 0.29) is 23.4 Å². The Kier molecular flexibility index (Phi) is 4.70. The van der Waals surface area contributed by atoms with Gasteiger partial charge in [-0.15, -0.1) is 12.4 Å². The van der Waals surface area contributed by atoms with E-state index in [9.17, 15) is 13.9 Å². The van der Waals surface area contributed by atoms with Crippen LogP contribution in [0.5, 0.6) is 5.75 Å². The summed E-state index contributed by atoms with van der Waals surface area (Å²) in [7, 11) is 0. The van der Waals surface area contributed by atoms with Gasteiger partial charge in [-0.25, -0.2) is 4.39 Å². The highest BCUT2D eigenvalue weighted by molar-refractivity contribution is 5.85. The molecular formula is C11H16ClF2NO. The molecule has 92 valence electrons. The van der Waals surface area contributed by atoms with E-state index in [0.29, 0.717) is 0 Å². The summed E-state index contributed by atoms with van der Waals surface area (Å²) in [5, 5.41) is 9.42. The smallest absolute Gasteiger partial charge is 0.200 e. The van der Waals surface area contributed by atoms with Gasteiger partial charge in [0.25, 0.3) is 0 Å². The molecule has 1 aromatic rings. The molecule has 0 radical (unpaired) electrons. The summed E-state index contributed by atoms with van der Waals surface area (Å²) in [5.41, 5.74) is 5.73. The second kappa shape index (κ2) is 4.97. The number of benzene rings is 1. The number of nitrogens with two attached hydrogens (primary N) is 1. The van der Waals surface area contributed by atoms with Gasteiger partial charge in [-0.3, -0.25) is 0 Å². The van der Waals surface area contributed by atoms with Crippen molar-refractivity contribution in [2.45, 2.75) is 26.8 Å². The maximum Gasteiger partial charge on any atom is 0.200 e. The molecule has 3 N–H and O–H groups in total. The molecule has 0 saturated carbocycles.